The number of nitrogens with one attached hydrogen (secondary N) is 1. The van der Waals surface area contributed by atoms with Crippen LogP contribution in [-0.4, -0.2) is 130 Å². The molecule has 0 saturated carbocycles. The molecule has 4 aliphatic heterocycles. The van der Waals surface area contributed by atoms with Crippen LogP contribution < -0.4 is 20.4 Å². The second kappa shape index (κ2) is 19.0. The molecule has 0 spiro atoms. The number of fused-ring (bicyclic) bond motifs is 2. The fourth-order valence-electron chi connectivity index (χ4n) is 9.22. The van der Waals surface area contributed by atoms with Crippen molar-refractivity contribution in [1.29, 1.82) is 0 Å². The number of aromatic hydroxyl groups is 2. The monoisotopic (exact) mass is 914 g/mol. The SMILES string of the molecule is CO[C@H]1/C=C/O[C@@]2(C)Oc3cc(O)c4c(=O)c(c5oc6cc(N7CCN(CCO)CC7)cc(O)c6nc-5c4c3C2=O)NC(=O)/C(C)=C\C=C\[C@H](C)[C@H](O)[C@@H](C)[C@@H](O)[C@@H](C)[C@H](OC(C)=O)[C@@H]1C. The van der Waals surface area contributed by atoms with Gasteiger partial charge in [-0.15, -0.1) is 0 Å². The number of methoxy groups -OCH3 is 1. The Morgan fingerprint density at radius 2 is 1.67 bits per heavy atom. The van der Waals surface area contributed by atoms with E-state index in [1.807, 2.05) is 4.90 Å². The lowest BCUT2D eigenvalue weighted by Crippen LogP contribution is -2.47. The van der Waals surface area contributed by atoms with Crippen LogP contribution in [-0.2, 0) is 23.8 Å². The number of ether oxygens (including phenoxy) is 4. The van der Waals surface area contributed by atoms with Gasteiger partial charge in [-0.3, -0.25) is 24.1 Å². The standard InChI is InChI=1S/C48H58N4O14/c1-23-10-9-11-24(2)47(61)50-40-43(59)35-30(55)22-33-36(37(35)39-45(40)65-34-21-29(20-31(56)38(34)49-39)52-15-13-51(14-16-52)17-18-53)46(60)48(7,66-33)63-19-12-32(62-8)25(3)44(64-28(6)54)27(5)42(58)26(4)41(23)57/h9-12,19-23,25-27,32,41-42,44,53,55-58H,13-18H2,1-8H3,(H,50,61)/b10-9+,19-12+,24-11-/t23-,25+,26+,27+,32-,41-,42+,44+,48-/m0/s1. The lowest BCUT2D eigenvalue weighted by molar-refractivity contribution is -0.160. The predicted octanol–water partition coefficient (Wildman–Crippen LogP) is 4.46. The maximum atomic E-state index is 14.7. The number of aliphatic hydroxyl groups is 3. The fourth-order valence-corrected chi connectivity index (χ4v) is 9.22. The van der Waals surface area contributed by atoms with Crippen molar-refractivity contribution in [2.45, 2.75) is 78.7 Å². The molecular weight excluding hydrogens is 857 g/mol. The van der Waals surface area contributed by atoms with Gasteiger partial charge in [-0.05, 0) is 13.0 Å². The summed E-state index contributed by atoms with van der Waals surface area (Å²) in [4.78, 5) is 64.6. The minimum atomic E-state index is -2.08. The molecule has 4 heterocycles. The highest BCUT2D eigenvalue weighted by Gasteiger charge is 2.49. The van der Waals surface area contributed by atoms with Crippen molar-refractivity contribution in [2.75, 3.05) is 56.7 Å². The molecule has 0 unspecified atom stereocenters. The molecule has 2 aromatic carbocycles. The number of anilines is 2. The van der Waals surface area contributed by atoms with Gasteiger partial charge in [0, 0.05) is 112 Å². The van der Waals surface area contributed by atoms with E-state index in [0.717, 1.165) is 6.07 Å². The number of Topliss-reactive ketones (excluding diaryl/α,β-unsaturated/α-hetero) is 1. The molecule has 9 atom stereocenters. The summed E-state index contributed by atoms with van der Waals surface area (Å²) in [6.07, 6.45) is 3.38. The number of nitrogens with zero attached hydrogens (tertiary/aromatic N) is 3. The van der Waals surface area contributed by atoms with E-state index in [2.05, 4.69) is 10.2 Å². The zero-order chi connectivity index (χ0) is 47.9. The van der Waals surface area contributed by atoms with Gasteiger partial charge in [-0.1, -0.05) is 45.9 Å². The molecule has 1 aliphatic carbocycles. The van der Waals surface area contributed by atoms with E-state index in [4.69, 9.17) is 28.3 Å². The number of aromatic nitrogens is 1. The first-order valence-electron chi connectivity index (χ1n) is 22.0. The minimum absolute atomic E-state index is 0.0281. The molecule has 0 aromatic heterocycles. The number of allylic oxidation sites excluding steroid dienone is 2. The minimum Gasteiger partial charge on any atom is -0.507 e. The number of piperazine rings is 1. The van der Waals surface area contributed by atoms with Crippen LogP contribution in [0.25, 0.3) is 33.3 Å². The van der Waals surface area contributed by atoms with Crippen LogP contribution in [0.15, 0.2) is 63.6 Å². The first-order valence-corrected chi connectivity index (χ1v) is 22.0. The highest BCUT2D eigenvalue weighted by molar-refractivity contribution is 6.22. The number of phenols is 2. The number of aliphatic hydroxyl groups excluding tert-OH is 3. The van der Waals surface area contributed by atoms with E-state index in [1.54, 1.807) is 45.9 Å². The maximum absolute atomic E-state index is 14.7. The van der Waals surface area contributed by atoms with Crippen molar-refractivity contribution in [3.63, 3.8) is 0 Å². The summed E-state index contributed by atoms with van der Waals surface area (Å²) in [6.45, 7) is 14.0. The Balaban J connectivity index is 1.41. The van der Waals surface area contributed by atoms with Gasteiger partial charge in [0.05, 0.1) is 42.1 Å². The highest BCUT2D eigenvalue weighted by atomic mass is 16.7. The lowest BCUT2D eigenvalue weighted by atomic mass is 9.78. The molecule has 5 aliphatic rings. The summed E-state index contributed by atoms with van der Waals surface area (Å²) in [6, 6.07) is 4.27. The van der Waals surface area contributed by atoms with E-state index < -0.39 is 88.4 Å². The molecule has 1 saturated heterocycles. The van der Waals surface area contributed by atoms with Crippen molar-refractivity contribution in [3.05, 3.63) is 70.1 Å². The Bertz CT molecular complexity index is 2650. The third kappa shape index (κ3) is 8.95. The number of hydrogen-bond acceptors (Lipinski definition) is 17. The molecular formula is C48H58N4O14. The Morgan fingerprint density at radius 1 is 0.955 bits per heavy atom. The molecule has 66 heavy (non-hydrogen) atoms. The number of esters is 1. The van der Waals surface area contributed by atoms with E-state index in [9.17, 15) is 44.7 Å². The number of carbonyl (C=O) groups is 3. The van der Waals surface area contributed by atoms with Crippen LogP contribution in [0.3, 0.4) is 0 Å². The number of carbonyl (C=O) groups excluding carboxylic acids is 3. The first kappa shape index (κ1) is 47.9. The Morgan fingerprint density at radius 3 is 2.33 bits per heavy atom. The van der Waals surface area contributed by atoms with E-state index in [0.29, 0.717) is 38.4 Å². The van der Waals surface area contributed by atoms with E-state index in [1.165, 1.54) is 52.4 Å². The molecule has 1 amide bonds. The molecule has 18 nitrogen and oxygen atoms in total. The van der Waals surface area contributed by atoms with Crippen LogP contribution >= 0.6 is 0 Å². The van der Waals surface area contributed by atoms with Gasteiger partial charge >= 0.3 is 11.8 Å². The molecule has 354 valence electrons. The number of hydrogen-bond donors (Lipinski definition) is 6. The smallest absolute Gasteiger partial charge is 0.312 e. The Hall–Kier alpha value is -6.05. The van der Waals surface area contributed by atoms with Crippen molar-refractivity contribution in [2.24, 2.45) is 23.7 Å². The van der Waals surface area contributed by atoms with E-state index >= 15 is 0 Å². The van der Waals surface area contributed by atoms with Crippen molar-refractivity contribution < 1.29 is 63.3 Å². The second-order valence-electron chi connectivity index (χ2n) is 17.7. The first-order chi connectivity index (χ1) is 31.3. The van der Waals surface area contributed by atoms with Crippen LogP contribution in [0.4, 0.5) is 11.4 Å². The quantitative estimate of drug-likeness (QED) is 0.0919. The average Bonchev–Trinajstić information content (AvgIpc) is 3.53. The van der Waals surface area contributed by atoms with Gasteiger partial charge in [0.25, 0.3) is 11.7 Å². The summed E-state index contributed by atoms with van der Waals surface area (Å²) in [5.41, 5.74) is -0.938. The molecule has 1 fully saturated rings. The molecule has 2 aromatic rings. The van der Waals surface area contributed by atoms with Crippen molar-refractivity contribution in [3.8, 4) is 28.7 Å². The second-order valence-corrected chi connectivity index (χ2v) is 17.7. The zero-order valence-electron chi connectivity index (χ0n) is 38.2. The van der Waals surface area contributed by atoms with Crippen molar-refractivity contribution in [1.82, 2.24) is 9.88 Å². The molecule has 6 N–H and O–H groups in total. The average molecular weight is 915 g/mol. The van der Waals surface area contributed by atoms with Crippen LogP contribution in [0.2, 0.25) is 0 Å². The number of β-amino-alcohol motifs (C(OH)–C–C–N with tert-alkyl or cyclic N) is 1. The summed E-state index contributed by atoms with van der Waals surface area (Å²) >= 11 is 0. The van der Waals surface area contributed by atoms with Crippen LogP contribution in [0.1, 0.15) is 58.8 Å². The summed E-state index contributed by atoms with van der Waals surface area (Å²) in [7, 11) is 1.43. The van der Waals surface area contributed by atoms with Crippen molar-refractivity contribution >= 4 is 50.9 Å². The number of benzene rings is 3. The number of amides is 1. The largest absolute Gasteiger partial charge is 0.507 e. The van der Waals surface area contributed by atoms with Gasteiger partial charge in [-0.2, -0.15) is 0 Å². The Kier molecular flexibility index (Phi) is 13.8. The normalized spacial score (nSPS) is 29.9. The summed E-state index contributed by atoms with van der Waals surface area (Å²) < 4.78 is 30.1. The summed E-state index contributed by atoms with van der Waals surface area (Å²) in [5, 5.41) is 57.5. The zero-order valence-corrected chi connectivity index (χ0v) is 38.2. The third-order valence-corrected chi connectivity index (χ3v) is 13.2. The van der Waals surface area contributed by atoms with Crippen LogP contribution in [0, 0.1) is 23.7 Å². The third-order valence-electron chi connectivity index (χ3n) is 13.2. The topological polar surface area (TPSA) is 251 Å². The molecule has 0 radical (unpaired) electrons. The van der Waals surface area contributed by atoms with Gasteiger partial charge in [0.2, 0.25) is 5.43 Å². The molecule has 18 heteroatoms. The number of phenolic OH excluding ortho intramolecular Hbond substituents is 2. The molecule has 4 bridgehead atoms. The lowest BCUT2D eigenvalue weighted by Gasteiger charge is -2.38. The van der Waals surface area contributed by atoms with Gasteiger partial charge in [0.1, 0.15) is 40.3 Å². The maximum Gasteiger partial charge on any atom is 0.312 e. The Labute approximate surface area is 381 Å². The molecule has 7 rings (SSSR count). The number of ketones is 1. The van der Waals surface area contributed by atoms with Gasteiger partial charge in [-0.25, -0.2) is 4.98 Å². The predicted molar refractivity (Wildman–Crippen MR) is 244 cm³/mol. The highest BCUT2D eigenvalue weighted by Crippen LogP contribution is 2.49. The van der Waals surface area contributed by atoms with Crippen LogP contribution in [0.5, 0.6) is 17.2 Å². The fraction of sp³-hybridized carbons (Fsp3) is 0.479. The van der Waals surface area contributed by atoms with E-state index in [-0.39, 0.29) is 62.6 Å². The summed E-state index contributed by atoms with van der Waals surface area (Å²) in [5.74, 6) is -8.08. The van der Waals surface area contributed by atoms with Gasteiger partial charge in [0.15, 0.2) is 11.3 Å². The number of rotatable bonds is 5. The van der Waals surface area contributed by atoms with Gasteiger partial charge < -0.3 is 59.1 Å².